The molecule has 2 heterocycles. The third kappa shape index (κ3) is 3.57. The number of hydrogen-bond acceptors (Lipinski definition) is 6. The second-order valence-corrected chi connectivity index (χ2v) is 5.09. The number of pyridine rings is 2. The molecule has 3 rings (SSSR count). The predicted octanol–water partition coefficient (Wildman–Crippen LogP) is 3.42. The van der Waals surface area contributed by atoms with Crippen LogP contribution >= 0.6 is 0 Å². The van der Waals surface area contributed by atoms with E-state index >= 15 is 0 Å². The summed E-state index contributed by atoms with van der Waals surface area (Å²) in [6.45, 7) is 0.999. The summed E-state index contributed by atoms with van der Waals surface area (Å²) in [5, 5.41) is 14.9. The predicted molar refractivity (Wildman–Crippen MR) is 91.2 cm³/mol. The Balaban J connectivity index is 1.53. The maximum Gasteiger partial charge on any atom is 0.311 e. The summed E-state index contributed by atoms with van der Waals surface area (Å²) >= 11 is 0. The molecule has 1 N–H and O–H groups in total. The number of hydrogen-bond donors (Lipinski definition) is 1. The molecule has 0 aliphatic rings. The van der Waals surface area contributed by atoms with Crippen LogP contribution in [0, 0.1) is 10.1 Å². The van der Waals surface area contributed by atoms with Crippen molar-refractivity contribution >= 4 is 22.4 Å². The summed E-state index contributed by atoms with van der Waals surface area (Å²) in [4.78, 5) is 18.8. The molecule has 0 saturated heterocycles. The summed E-state index contributed by atoms with van der Waals surface area (Å²) in [5.74, 6) is 1.01. The molecule has 0 bridgehead atoms. The van der Waals surface area contributed by atoms with E-state index in [-0.39, 0.29) is 11.5 Å². The van der Waals surface area contributed by atoms with Crippen LogP contribution in [-0.2, 0) is 0 Å². The topological polar surface area (TPSA) is 90.2 Å². The van der Waals surface area contributed by atoms with Gasteiger partial charge in [0.25, 0.3) is 0 Å². The van der Waals surface area contributed by atoms with Crippen LogP contribution < -0.4 is 10.1 Å². The van der Waals surface area contributed by atoms with E-state index in [4.69, 9.17) is 4.74 Å². The summed E-state index contributed by atoms with van der Waals surface area (Å²) in [7, 11) is 0. The van der Waals surface area contributed by atoms with Crippen LogP contribution in [0.25, 0.3) is 10.9 Å². The van der Waals surface area contributed by atoms with Gasteiger partial charge in [-0.2, -0.15) is 0 Å². The minimum Gasteiger partial charge on any atom is -0.491 e. The number of aromatic nitrogens is 2. The Morgan fingerprint density at radius 3 is 2.75 bits per heavy atom. The van der Waals surface area contributed by atoms with Crippen LogP contribution in [0.1, 0.15) is 6.42 Å². The zero-order valence-corrected chi connectivity index (χ0v) is 12.9. The van der Waals surface area contributed by atoms with Crippen LogP contribution in [0.2, 0.25) is 0 Å². The van der Waals surface area contributed by atoms with Gasteiger partial charge >= 0.3 is 5.69 Å². The van der Waals surface area contributed by atoms with Crippen LogP contribution in [0.4, 0.5) is 11.5 Å². The molecule has 7 heteroatoms. The van der Waals surface area contributed by atoms with Gasteiger partial charge in [0.15, 0.2) is 0 Å². The number of rotatable bonds is 7. The zero-order valence-electron chi connectivity index (χ0n) is 12.9. The monoisotopic (exact) mass is 324 g/mol. The maximum atomic E-state index is 10.9. The fourth-order valence-corrected chi connectivity index (χ4v) is 2.33. The van der Waals surface area contributed by atoms with Crippen molar-refractivity contribution in [1.82, 2.24) is 9.97 Å². The lowest BCUT2D eigenvalue weighted by Crippen LogP contribution is -2.09. The normalized spacial score (nSPS) is 10.5. The van der Waals surface area contributed by atoms with Crippen molar-refractivity contribution in [3.8, 4) is 5.75 Å². The van der Waals surface area contributed by atoms with E-state index in [9.17, 15) is 10.1 Å². The quantitative estimate of drug-likeness (QED) is 0.407. The van der Waals surface area contributed by atoms with E-state index in [2.05, 4.69) is 15.3 Å². The van der Waals surface area contributed by atoms with Gasteiger partial charge in [0, 0.05) is 30.4 Å². The van der Waals surface area contributed by atoms with E-state index < -0.39 is 4.92 Å². The highest BCUT2D eigenvalue weighted by molar-refractivity contribution is 5.84. The van der Waals surface area contributed by atoms with Gasteiger partial charge in [0.1, 0.15) is 11.3 Å². The van der Waals surface area contributed by atoms with Gasteiger partial charge in [-0.3, -0.25) is 15.1 Å². The van der Waals surface area contributed by atoms with Gasteiger partial charge in [-0.15, -0.1) is 0 Å². The van der Waals surface area contributed by atoms with Gasteiger partial charge in [-0.25, -0.2) is 4.98 Å². The third-order valence-corrected chi connectivity index (χ3v) is 3.45. The van der Waals surface area contributed by atoms with E-state index in [0.717, 1.165) is 16.7 Å². The van der Waals surface area contributed by atoms with Crippen LogP contribution in [-0.4, -0.2) is 28.0 Å². The fraction of sp³-hybridized carbons (Fsp3) is 0.176. The van der Waals surface area contributed by atoms with Gasteiger partial charge in [-0.1, -0.05) is 18.2 Å². The number of nitro groups is 1. The van der Waals surface area contributed by atoms with Crippen molar-refractivity contribution < 1.29 is 9.66 Å². The summed E-state index contributed by atoms with van der Waals surface area (Å²) in [6.07, 6.45) is 3.93. The Kier molecular flexibility index (Phi) is 4.81. The minimum absolute atomic E-state index is 0.0309. The van der Waals surface area contributed by atoms with Crippen LogP contribution in [0.3, 0.4) is 0 Å². The maximum absolute atomic E-state index is 10.9. The lowest BCUT2D eigenvalue weighted by atomic mass is 10.2. The standard InChI is InChI=1S/C17H16N4O3/c22-21(23)14-7-3-10-19-17(14)20-11-4-12-24-15-8-1-5-13-6-2-9-18-16(13)15/h1-3,5-10H,4,11-12H2,(H,19,20). The van der Waals surface area contributed by atoms with Crippen LogP contribution in [0.5, 0.6) is 5.75 Å². The van der Waals surface area contributed by atoms with Crippen molar-refractivity contribution in [2.45, 2.75) is 6.42 Å². The number of fused-ring (bicyclic) bond motifs is 1. The molecule has 7 nitrogen and oxygen atoms in total. The molecule has 3 aromatic rings. The number of para-hydroxylation sites is 1. The molecular formula is C17H16N4O3. The first kappa shape index (κ1) is 15.7. The highest BCUT2D eigenvalue weighted by atomic mass is 16.6. The molecule has 0 saturated carbocycles. The largest absolute Gasteiger partial charge is 0.491 e. The van der Waals surface area contributed by atoms with Crippen molar-refractivity contribution in [2.75, 3.05) is 18.5 Å². The molecule has 0 aliphatic carbocycles. The molecule has 0 unspecified atom stereocenters. The lowest BCUT2D eigenvalue weighted by Gasteiger charge is -2.09. The Bertz CT molecular complexity index is 849. The van der Waals surface area contributed by atoms with E-state index in [1.54, 1.807) is 12.3 Å². The molecule has 0 spiro atoms. The fourth-order valence-electron chi connectivity index (χ4n) is 2.33. The Morgan fingerprint density at radius 2 is 1.88 bits per heavy atom. The number of nitrogens with zero attached hydrogens (tertiary/aromatic N) is 3. The van der Waals surface area contributed by atoms with E-state index in [0.29, 0.717) is 19.6 Å². The Hall–Kier alpha value is -3.22. The first-order valence-corrected chi connectivity index (χ1v) is 7.55. The van der Waals surface area contributed by atoms with Crippen molar-refractivity contribution in [1.29, 1.82) is 0 Å². The number of ether oxygens (including phenoxy) is 1. The molecular weight excluding hydrogens is 308 g/mol. The van der Waals surface area contributed by atoms with Crippen LogP contribution in [0.15, 0.2) is 54.9 Å². The highest BCUT2D eigenvalue weighted by Gasteiger charge is 2.13. The number of nitrogens with one attached hydrogen (secondary N) is 1. The van der Waals surface area contributed by atoms with E-state index in [1.165, 1.54) is 12.3 Å². The zero-order chi connectivity index (χ0) is 16.8. The molecule has 0 aliphatic heterocycles. The van der Waals surface area contributed by atoms with Gasteiger partial charge in [0.2, 0.25) is 5.82 Å². The molecule has 0 amide bonds. The van der Waals surface area contributed by atoms with Crippen molar-refractivity contribution in [3.05, 3.63) is 65.0 Å². The average Bonchev–Trinajstić information content (AvgIpc) is 2.62. The van der Waals surface area contributed by atoms with Gasteiger partial charge < -0.3 is 10.1 Å². The minimum atomic E-state index is -0.451. The van der Waals surface area contributed by atoms with Crippen molar-refractivity contribution in [3.63, 3.8) is 0 Å². The van der Waals surface area contributed by atoms with Crippen molar-refractivity contribution in [2.24, 2.45) is 0 Å². The van der Waals surface area contributed by atoms with Gasteiger partial charge in [-0.05, 0) is 24.6 Å². The van der Waals surface area contributed by atoms with Gasteiger partial charge in [0.05, 0.1) is 11.5 Å². The third-order valence-electron chi connectivity index (χ3n) is 3.45. The summed E-state index contributed by atoms with van der Waals surface area (Å²) in [6, 6.07) is 12.6. The molecule has 122 valence electrons. The first-order valence-electron chi connectivity index (χ1n) is 7.55. The smallest absolute Gasteiger partial charge is 0.311 e. The molecule has 0 atom stereocenters. The Labute approximate surface area is 138 Å². The second kappa shape index (κ2) is 7.36. The average molecular weight is 324 g/mol. The molecule has 1 aromatic carbocycles. The number of benzene rings is 1. The second-order valence-electron chi connectivity index (χ2n) is 5.09. The highest BCUT2D eigenvalue weighted by Crippen LogP contribution is 2.23. The lowest BCUT2D eigenvalue weighted by molar-refractivity contribution is -0.384. The summed E-state index contributed by atoms with van der Waals surface area (Å²) < 4.78 is 5.78. The Morgan fingerprint density at radius 1 is 1.08 bits per heavy atom. The molecule has 24 heavy (non-hydrogen) atoms. The van der Waals surface area contributed by atoms with E-state index in [1.807, 2.05) is 30.3 Å². The molecule has 0 radical (unpaired) electrons. The first-order chi connectivity index (χ1) is 11.8. The number of anilines is 1. The summed E-state index contributed by atoms with van der Waals surface area (Å²) in [5.41, 5.74) is 0.796. The molecule has 0 fully saturated rings. The molecule has 2 aromatic heterocycles. The SMILES string of the molecule is O=[N+]([O-])c1cccnc1NCCCOc1cccc2cccnc12.